The lowest BCUT2D eigenvalue weighted by Gasteiger charge is -2.09. The third-order valence-corrected chi connectivity index (χ3v) is 3.79. The molecule has 0 atom stereocenters. The number of thiazole rings is 1. The molecule has 1 aromatic heterocycles. The molecule has 142 valence electrons. The number of anilines is 2. The van der Waals surface area contributed by atoms with Crippen molar-refractivity contribution in [3.8, 4) is 5.75 Å². The first-order valence-corrected chi connectivity index (χ1v) is 8.69. The van der Waals surface area contributed by atoms with Gasteiger partial charge < -0.3 is 20.1 Å². The van der Waals surface area contributed by atoms with E-state index in [1.165, 1.54) is 35.6 Å². The highest BCUT2D eigenvalue weighted by molar-refractivity contribution is 7.14. The molecule has 2 N–H and O–H groups in total. The van der Waals surface area contributed by atoms with Crippen LogP contribution in [-0.2, 0) is 4.74 Å². The highest BCUT2D eigenvalue weighted by atomic mass is 32.1. The average Bonchev–Trinajstić information content (AvgIpc) is 3.03. The van der Waals surface area contributed by atoms with Crippen LogP contribution in [0.3, 0.4) is 0 Å². The van der Waals surface area contributed by atoms with Crippen molar-refractivity contribution in [1.82, 2.24) is 10.3 Å². The smallest absolute Gasteiger partial charge is 0.406 e. The van der Waals surface area contributed by atoms with Crippen LogP contribution in [0.25, 0.3) is 0 Å². The molecule has 1 heterocycles. The van der Waals surface area contributed by atoms with E-state index in [4.69, 9.17) is 4.74 Å². The van der Waals surface area contributed by atoms with Gasteiger partial charge in [-0.05, 0) is 37.6 Å². The lowest BCUT2D eigenvalue weighted by Crippen LogP contribution is -2.25. The zero-order valence-electron chi connectivity index (χ0n) is 13.9. The number of aromatic nitrogens is 1. The molecule has 10 heteroatoms. The molecular weight excluding hydrogens is 371 g/mol. The van der Waals surface area contributed by atoms with E-state index in [1.54, 1.807) is 5.38 Å². The molecule has 26 heavy (non-hydrogen) atoms. The van der Waals surface area contributed by atoms with Crippen molar-refractivity contribution in [2.75, 3.05) is 25.1 Å². The summed E-state index contributed by atoms with van der Waals surface area (Å²) in [5.41, 5.74) is 0.795. The third-order valence-electron chi connectivity index (χ3n) is 3.03. The molecule has 0 spiro atoms. The van der Waals surface area contributed by atoms with Gasteiger partial charge in [0.1, 0.15) is 11.4 Å². The van der Waals surface area contributed by atoms with E-state index < -0.39 is 6.36 Å². The molecule has 0 saturated heterocycles. The van der Waals surface area contributed by atoms with Crippen LogP contribution in [-0.4, -0.2) is 37.0 Å². The van der Waals surface area contributed by atoms with Crippen LogP contribution in [0.4, 0.5) is 24.0 Å². The van der Waals surface area contributed by atoms with Crippen molar-refractivity contribution in [3.63, 3.8) is 0 Å². The zero-order valence-corrected chi connectivity index (χ0v) is 14.7. The van der Waals surface area contributed by atoms with Gasteiger partial charge >= 0.3 is 6.36 Å². The van der Waals surface area contributed by atoms with Crippen molar-refractivity contribution in [2.24, 2.45) is 0 Å². The summed E-state index contributed by atoms with van der Waals surface area (Å²) in [7, 11) is 0. The summed E-state index contributed by atoms with van der Waals surface area (Å²) in [5.74, 6) is -0.603. The number of hydrogen-bond donors (Lipinski definition) is 2. The highest BCUT2D eigenvalue weighted by Gasteiger charge is 2.30. The number of carbonyl (C=O) groups excluding carboxylic acids is 1. The second-order valence-corrected chi connectivity index (χ2v) is 5.90. The summed E-state index contributed by atoms with van der Waals surface area (Å²) >= 11 is 1.22. The van der Waals surface area contributed by atoms with E-state index >= 15 is 0 Å². The second kappa shape index (κ2) is 9.39. The Bertz CT molecular complexity index is 705. The van der Waals surface area contributed by atoms with Gasteiger partial charge in [-0.25, -0.2) is 4.98 Å². The Morgan fingerprint density at radius 2 is 2.00 bits per heavy atom. The Hall–Kier alpha value is -2.33. The second-order valence-electron chi connectivity index (χ2n) is 5.04. The Morgan fingerprint density at radius 3 is 2.65 bits per heavy atom. The van der Waals surface area contributed by atoms with Gasteiger partial charge in [-0.2, -0.15) is 0 Å². The predicted molar refractivity (Wildman–Crippen MR) is 92.0 cm³/mol. The first-order valence-electron chi connectivity index (χ1n) is 7.81. The van der Waals surface area contributed by atoms with E-state index in [2.05, 4.69) is 20.4 Å². The summed E-state index contributed by atoms with van der Waals surface area (Å²) in [6, 6.07) is 5.23. The lowest BCUT2D eigenvalue weighted by molar-refractivity contribution is -0.274. The third kappa shape index (κ3) is 6.89. The van der Waals surface area contributed by atoms with E-state index in [0.29, 0.717) is 37.0 Å². The molecule has 2 rings (SSSR count). The fraction of sp³-hybridized carbons (Fsp3) is 0.375. The Kier molecular flexibility index (Phi) is 7.22. The van der Waals surface area contributed by atoms with Gasteiger partial charge in [0.15, 0.2) is 5.13 Å². The number of nitrogens with one attached hydrogen (secondary N) is 2. The van der Waals surface area contributed by atoms with Gasteiger partial charge in [0.2, 0.25) is 0 Å². The summed E-state index contributed by atoms with van der Waals surface area (Å²) in [4.78, 5) is 16.1. The van der Waals surface area contributed by atoms with Crippen LogP contribution in [0, 0.1) is 0 Å². The minimum absolute atomic E-state index is 0.269. The topological polar surface area (TPSA) is 72.5 Å². The van der Waals surface area contributed by atoms with Crippen LogP contribution in [0.1, 0.15) is 23.8 Å². The van der Waals surface area contributed by atoms with E-state index in [1.807, 2.05) is 6.92 Å². The van der Waals surface area contributed by atoms with Crippen LogP contribution < -0.4 is 15.4 Å². The number of ether oxygens (including phenoxy) is 2. The monoisotopic (exact) mass is 389 g/mol. The van der Waals surface area contributed by atoms with Crippen molar-refractivity contribution < 1.29 is 27.4 Å². The fourth-order valence-corrected chi connectivity index (χ4v) is 2.62. The molecule has 0 saturated carbocycles. The summed E-state index contributed by atoms with van der Waals surface area (Å²) < 4.78 is 45.4. The van der Waals surface area contributed by atoms with Crippen molar-refractivity contribution in [2.45, 2.75) is 19.7 Å². The predicted octanol–water partition coefficient (Wildman–Crippen LogP) is 3.94. The van der Waals surface area contributed by atoms with Crippen molar-refractivity contribution in [1.29, 1.82) is 0 Å². The van der Waals surface area contributed by atoms with Gasteiger partial charge in [0.05, 0.1) is 0 Å². The molecule has 0 aliphatic rings. The number of amides is 1. The molecule has 1 amide bonds. The molecule has 0 unspecified atom stereocenters. The van der Waals surface area contributed by atoms with Gasteiger partial charge in [0, 0.05) is 30.8 Å². The summed E-state index contributed by atoms with van der Waals surface area (Å²) in [6.07, 6.45) is -4.02. The number of nitrogens with zero attached hydrogens (tertiary/aromatic N) is 1. The molecule has 0 fully saturated rings. The standard InChI is InChI=1S/C16H18F3N3O3S/c1-2-24-9-3-8-20-14(23)13-10-26-15(22-13)21-11-4-6-12(7-5-11)25-16(17,18)19/h4-7,10H,2-3,8-9H2,1H3,(H,20,23)(H,21,22). The maximum atomic E-state index is 12.1. The fourth-order valence-electron chi connectivity index (χ4n) is 1.91. The average molecular weight is 389 g/mol. The van der Waals surface area contributed by atoms with E-state index in [0.717, 1.165) is 0 Å². The minimum atomic E-state index is -4.73. The maximum Gasteiger partial charge on any atom is 0.573 e. The first-order chi connectivity index (χ1) is 12.4. The van der Waals surface area contributed by atoms with Crippen molar-refractivity contribution in [3.05, 3.63) is 35.3 Å². The Morgan fingerprint density at radius 1 is 1.27 bits per heavy atom. The number of halogens is 3. The number of benzene rings is 1. The SMILES string of the molecule is CCOCCCNC(=O)c1csc(Nc2ccc(OC(F)(F)F)cc2)n1. The first kappa shape index (κ1) is 20.0. The van der Waals surface area contributed by atoms with Gasteiger partial charge in [-0.1, -0.05) is 0 Å². The lowest BCUT2D eigenvalue weighted by atomic mass is 10.3. The molecule has 6 nitrogen and oxygen atoms in total. The molecule has 0 bridgehead atoms. The minimum Gasteiger partial charge on any atom is -0.406 e. The van der Waals surface area contributed by atoms with Crippen LogP contribution >= 0.6 is 11.3 Å². The molecular formula is C16H18F3N3O3S. The van der Waals surface area contributed by atoms with Gasteiger partial charge in [-0.15, -0.1) is 24.5 Å². The molecule has 2 aromatic rings. The Balaban J connectivity index is 1.84. The number of alkyl halides is 3. The van der Waals surface area contributed by atoms with Crippen LogP contribution in [0.5, 0.6) is 5.75 Å². The molecule has 1 aromatic carbocycles. The maximum absolute atomic E-state index is 12.1. The number of carbonyl (C=O) groups is 1. The molecule has 0 aliphatic carbocycles. The number of hydrogen-bond acceptors (Lipinski definition) is 6. The molecule has 0 aliphatic heterocycles. The largest absolute Gasteiger partial charge is 0.573 e. The summed E-state index contributed by atoms with van der Waals surface area (Å²) in [6.45, 7) is 3.60. The summed E-state index contributed by atoms with van der Waals surface area (Å²) in [5, 5.41) is 7.71. The quantitative estimate of drug-likeness (QED) is 0.636. The van der Waals surface area contributed by atoms with Crippen LogP contribution in [0.15, 0.2) is 29.6 Å². The van der Waals surface area contributed by atoms with Gasteiger partial charge in [-0.3, -0.25) is 4.79 Å². The molecule has 0 radical (unpaired) electrons. The van der Waals surface area contributed by atoms with Crippen molar-refractivity contribution >= 4 is 28.1 Å². The van der Waals surface area contributed by atoms with E-state index in [9.17, 15) is 18.0 Å². The zero-order chi connectivity index (χ0) is 19.0. The normalized spacial score (nSPS) is 11.2. The van der Waals surface area contributed by atoms with E-state index in [-0.39, 0.29) is 17.4 Å². The highest BCUT2D eigenvalue weighted by Crippen LogP contribution is 2.26. The Labute approximate surface area is 152 Å². The van der Waals surface area contributed by atoms with Crippen LogP contribution in [0.2, 0.25) is 0 Å². The van der Waals surface area contributed by atoms with Gasteiger partial charge in [0.25, 0.3) is 5.91 Å². The number of rotatable bonds is 9.